The fraction of sp³-hybridized carbons (Fsp3) is 0.333. The van der Waals surface area contributed by atoms with E-state index in [1.54, 1.807) is 36.4 Å². The van der Waals surface area contributed by atoms with E-state index in [1.807, 2.05) is 0 Å². The summed E-state index contributed by atoms with van der Waals surface area (Å²) in [6.45, 7) is 0. The van der Waals surface area contributed by atoms with Crippen molar-refractivity contribution in [1.29, 1.82) is 0 Å². The topological polar surface area (TPSA) is 104 Å². The molecule has 0 bridgehead atoms. The van der Waals surface area contributed by atoms with E-state index in [4.69, 9.17) is 0 Å². The molecular weight excluding hydrogens is 390 g/mol. The van der Waals surface area contributed by atoms with Crippen molar-refractivity contribution in [3.63, 3.8) is 0 Å². The standard InChI is InChI=1S/C21H25N3O4S/c1-29(27,28)24-19-14-8-6-12-17(19)21(26)23-18-13-7-5-11-16(18)20(25)22-15-9-3-2-4-10-15/h5-8,11-15,24H,2-4,9-10H2,1H3,(H,22,25)(H,23,26). The number of nitrogens with one attached hydrogen (secondary N) is 3. The van der Waals surface area contributed by atoms with Crippen molar-refractivity contribution in [2.24, 2.45) is 0 Å². The molecule has 0 saturated heterocycles. The maximum absolute atomic E-state index is 12.8. The summed E-state index contributed by atoms with van der Waals surface area (Å²) in [5.74, 6) is -0.731. The molecule has 1 fully saturated rings. The third-order valence-corrected chi connectivity index (χ3v) is 5.42. The Morgan fingerprint density at radius 2 is 1.38 bits per heavy atom. The maximum Gasteiger partial charge on any atom is 0.257 e. The molecule has 2 aromatic rings. The van der Waals surface area contributed by atoms with E-state index < -0.39 is 15.9 Å². The molecule has 0 aromatic heterocycles. The number of amides is 2. The van der Waals surface area contributed by atoms with Crippen molar-refractivity contribution in [3.05, 3.63) is 59.7 Å². The Labute approximate surface area is 171 Å². The molecule has 0 radical (unpaired) electrons. The fourth-order valence-electron chi connectivity index (χ4n) is 3.46. The van der Waals surface area contributed by atoms with Gasteiger partial charge in [-0.05, 0) is 37.1 Å². The number of rotatable bonds is 6. The van der Waals surface area contributed by atoms with E-state index >= 15 is 0 Å². The Balaban J connectivity index is 1.79. The Bertz CT molecular complexity index is 998. The molecule has 0 atom stereocenters. The van der Waals surface area contributed by atoms with E-state index in [-0.39, 0.29) is 23.2 Å². The molecule has 8 heteroatoms. The SMILES string of the molecule is CS(=O)(=O)Nc1ccccc1C(=O)Nc1ccccc1C(=O)NC1CCCCC1. The van der Waals surface area contributed by atoms with Crippen LogP contribution >= 0.6 is 0 Å². The first-order chi connectivity index (χ1) is 13.8. The molecule has 1 saturated carbocycles. The molecule has 2 aromatic carbocycles. The summed E-state index contributed by atoms with van der Waals surface area (Å²) < 4.78 is 25.5. The summed E-state index contributed by atoms with van der Waals surface area (Å²) in [7, 11) is -3.54. The van der Waals surface area contributed by atoms with Crippen LogP contribution in [0.1, 0.15) is 52.8 Å². The first-order valence-electron chi connectivity index (χ1n) is 9.61. The molecule has 1 aliphatic rings. The van der Waals surface area contributed by atoms with Crippen molar-refractivity contribution < 1.29 is 18.0 Å². The second-order valence-electron chi connectivity index (χ2n) is 7.23. The highest BCUT2D eigenvalue weighted by atomic mass is 32.2. The van der Waals surface area contributed by atoms with Gasteiger partial charge in [0.25, 0.3) is 11.8 Å². The van der Waals surface area contributed by atoms with Gasteiger partial charge in [0.1, 0.15) is 0 Å². The van der Waals surface area contributed by atoms with Gasteiger partial charge in [-0.3, -0.25) is 14.3 Å². The van der Waals surface area contributed by atoms with Gasteiger partial charge < -0.3 is 10.6 Å². The van der Waals surface area contributed by atoms with Crippen LogP contribution in [-0.2, 0) is 10.0 Å². The van der Waals surface area contributed by atoms with Gasteiger partial charge in [0.15, 0.2) is 0 Å². The summed E-state index contributed by atoms with van der Waals surface area (Å²) in [5, 5.41) is 5.79. The van der Waals surface area contributed by atoms with E-state index in [1.165, 1.54) is 18.6 Å². The summed E-state index contributed by atoms with van der Waals surface area (Å²) >= 11 is 0. The highest BCUT2D eigenvalue weighted by Gasteiger charge is 2.20. The minimum Gasteiger partial charge on any atom is -0.349 e. The van der Waals surface area contributed by atoms with E-state index in [0.29, 0.717) is 11.3 Å². The van der Waals surface area contributed by atoms with Crippen LogP contribution in [-0.4, -0.2) is 32.5 Å². The van der Waals surface area contributed by atoms with E-state index in [2.05, 4.69) is 15.4 Å². The van der Waals surface area contributed by atoms with Crippen molar-refractivity contribution in [3.8, 4) is 0 Å². The lowest BCUT2D eigenvalue weighted by atomic mass is 9.95. The molecule has 3 N–H and O–H groups in total. The smallest absolute Gasteiger partial charge is 0.257 e. The van der Waals surface area contributed by atoms with Gasteiger partial charge in [0.05, 0.1) is 28.8 Å². The highest BCUT2D eigenvalue weighted by molar-refractivity contribution is 7.92. The number of carbonyl (C=O) groups excluding carboxylic acids is 2. The maximum atomic E-state index is 12.8. The molecule has 3 rings (SSSR count). The van der Waals surface area contributed by atoms with Crippen LogP contribution in [0.3, 0.4) is 0 Å². The number of hydrogen-bond donors (Lipinski definition) is 3. The molecule has 0 heterocycles. The molecule has 154 valence electrons. The zero-order valence-electron chi connectivity index (χ0n) is 16.3. The predicted molar refractivity (Wildman–Crippen MR) is 114 cm³/mol. The number of carbonyl (C=O) groups is 2. The van der Waals surface area contributed by atoms with Crippen LogP contribution in [0.4, 0.5) is 11.4 Å². The molecule has 0 unspecified atom stereocenters. The third kappa shape index (κ3) is 5.80. The van der Waals surface area contributed by atoms with Crippen LogP contribution < -0.4 is 15.4 Å². The molecule has 7 nitrogen and oxygen atoms in total. The number of benzene rings is 2. The van der Waals surface area contributed by atoms with Gasteiger partial charge in [-0.1, -0.05) is 43.5 Å². The largest absolute Gasteiger partial charge is 0.349 e. The average molecular weight is 416 g/mol. The van der Waals surface area contributed by atoms with Crippen molar-refractivity contribution in [2.45, 2.75) is 38.1 Å². The normalized spacial score (nSPS) is 14.8. The highest BCUT2D eigenvalue weighted by Crippen LogP contribution is 2.22. The monoisotopic (exact) mass is 415 g/mol. The van der Waals surface area contributed by atoms with Crippen LogP contribution in [0.2, 0.25) is 0 Å². The van der Waals surface area contributed by atoms with Gasteiger partial charge >= 0.3 is 0 Å². The summed E-state index contributed by atoms with van der Waals surface area (Å²) in [5.41, 5.74) is 1.09. The lowest BCUT2D eigenvalue weighted by Crippen LogP contribution is -2.36. The van der Waals surface area contributed by atoms with Crippen molar-refractivity contribution >= 4 is 33.2 Å². The summed E-state index contributed by atoms with van der Waals surface area (Å²) in [6, 6.07) is 13.2. The number of hydrogen-bond acceptors (Lipinski definition) is 4. The van der Waals surface area contributed by atoms with E-state index in [0.717, 1.165) is 31.9 Å². The Morgan fingerprint density at radius 3 is 2.00 bits per heavy atom. The second-order valence-corrected chi connectivity index (χ2v) is 8.98. The van der Waals surface area contributed by atoms with Crippen molar-refractivity contribution in [1.82, 2.24) is 5.32 Å². The molecule has 29 heavy (non-hydrogen) atoms. The molecule has 2 amide bonds. The van der Waals surface area contributed by atoms with E-state index in [9.17, 15) is 18.0 Å². The predicted octanol–water partition coefficient (Wildman–Crippen LogP) is 3.37. The summed E-state index contributed by atoms with van der Waals surface area (Å²) in [6.07, 6.45) is 6.35. The third-order valence-electron chi connectivity index (χ3n) is 4.83. The first-order valence-corrected chi connectivity index (χ1v) is 11.5. The van der Waals surface area contributed by atoms with Crippen LogP contribution in [0, 0.1) is 0 Å². The Hall–Kier alpha value is -2.87. The zero-order valence-corrected chi connectivity index (χ0v) is 17.1. The van der Waals surface area contributed by atoms with Crippen LogP contribution in [0.5, 0.6) is 0 Å². The van der Waals surface area contributed by atoms with Gasteiger partial charge in [0.2, 0.25) is 10.0 Å². The van der Waals surface area contributed by atoms with Gasteiger partial charge in [-0.25, -0.2) is 8.42 Å². The van der Waals surface area contributed by atoms with Crippen LogP contribution in [0.25, 0.3) is 0 Å². The van der Waals surface area contributed by atoms with Gasteiger partial charge in [0, 0.05) is 6.04 Å². The fourth-order valence-corrected chi connectivity index (χ4v) is 4.04. The second kappa shape index (κ2) is 9.09. The number of sulfonamides is 1. The Morgan fingerprint density at radius 1 is 0.828 bits per heavy atom. The quantitative estimate of drug-likeness (QED) is 0.673. The van der Waals surface area contributed by atoms with Crippen molar-refractivity contribution in [2.75, 3.05) is 16.3 Å². The Kier molecular flexibility index (Phi) is 6.53. The first kappa shape index (κ1) is 20.9. The zero-order chi connectivity index (χ0) is 20.9. The molecule has 0 spiro atoms. The lowest BCUT2D eigenvalue weighted by molar-refractivity contribution is 0.0928. The summed E-state index contributed by atoms with van der Waals surface area (Å²) in [4.78, 5) is 25.6. The average Bonchev–Trinajstić information content (AvgIpc) is 2.68. The van der Waals surface area contributed by atoms with Gasteiger partial charge in [-0.2, -0.15) is 0 Å². The minimum atomic E-state index is -3.54. The number of para-hydroxylation sites is 2. The molecule has 1 aliphatic carbocycles. The minimum absolute atomic E-state index is 0.152. The molecular formula is C21H25N3O4S. The van der Waals surface area contributed by atoms with Crippen LogP contribution in [0.15, 0.2) is 48.5 Å². The number of anilines is 2. The van der Waals surface area contributed by atoms with Gasteiger partial charge in [-0.15, -0.1) is 0 Å². The molecule has 0 aliphatic heterocycles. The lowest BCUT2D eigenvalue weighted by Gasteiger charge is -2.23.